The van der Waals surface area contributed by atoms with Crippen LogP contribution in [0.2, 0.25) is 0 Å². The van der Waals surface area contributed by atoms with Crippen LogP contribution in [0.1, 0.15) is 0 Å². The van der Waals surface area contributed by atoms with Crippen LogP contribution in [-0.2, 0) is 21.6 Å². The number of para-hydroxylation sites is 1. The van der Waals surface area contributed by atoms with Crippen molar-refractivity contribution in [1.82, 2.24) is 0 Å². The summed E-state index contributed by atoms with van der Waals surface area (Å²) in [6, 6.07) is 7.62. The van der Waals surface area contributed by atoms with E-state index in [1.54, 1.807) is 18.2 Å². The maximum absolute atomic E-state index is 10.1. The predicted octanol–water partition coefficient (Wildman–Crippen LogP) is -0.108. The number of rotatable bonds is 2. The summed E-state index contributed by atoms with van der Waals surface area (Å²) >= 11 is 0. The van der Waals surface area contributed by atoms with Crippen LogP contribution >= 0.6 is 7.82 Å². The van der Waals surface area contributed by atoms with Gasteiger partial charge >= 0.3 is 17.1 Å². The van der Waals surface area contributed by atoms with Crippen LogP contribution in [0.3, 0.4) is 0 Å². The molecular formula is C6H5MnO4P. The minimum absolute atomic E-state index is 0. The summed E-state index contributed by atoms with van der Waals surface area (Å²) in [5.74, 6) is 0.0424. The van der Waals surface area contributed by atoms with E-state index in [9.17, 15) is 14.4 Å². The molecule has 0 saturated heterocycles. The van der Waals surface area contributed by atoms with Gasteiger partial charge in [0.2, 0.25) is 0 Å². The number of phosphoric acid groups is 1. The van der Waals surface area contributed by atoms with Gasteiger partial charge in [-0.15, -0.1) is 0 Å². The zero-order valence-electron chi connectivity index (χ0n) is 5.84. The maximum Gasteiger partial charge on any atom is 2.00 e. The van der Waals surface area contributed by atoms with Gasteiger partial charge in [-0.2, -0.15) is 0 Å². The van der Waals surface area contributed by atoms with Crippen LogP contribution in [0.5, 0.6) is 5.75 Å². The molecule has 0 aliphatic carbocycles. The van der Waals surface area contributed by atoms with Gasteiger partial charge in [0, 0.05) is 0 Å². The van der Waals surface area contributed by atoms with Crippen molar-refractivity contribution < 1.29 is 35.9 Å². The molecule has 12 heavy (non-hydrogen) atoms. The van der Waals surface area contributed by atoms with Gasteiger partial charge in [0.1, 0.15) is 13.6 Å². The van der Waals surface area contributed by atoms with E-state index in [0.29, 0.717) is 0 Å². The van der Waals surface area contributed by atoms with Crippen LogP contribution in [0.4, 0.5) is 0 Å². The Morgan fingerprint density at radius 2 is 1.67 bits per heavy atom. The van der Waals surface area contributed by atoms with E-state index in [1.807, 2.05) is 0 Å². The van der Waals surface area contributed by atoms with E-state index in [2.05, 4.69) is 4.52 Å². The molecule has 0 saturated carbocycles. The molecule has 0 bridgehead atoms. The van der Waals surface area contributed by atoms with Crippen molar-refractivity contribution in [3.63, 3.8) is 0 Å². The van der Waals surface area contributed by atoms with Gasteiger partial charge in [0.25, 0.3) is 0 Å². The van der Waals surface area contributed by atoms with Gasteiger partial charge in [0.15, 0.2) is 0 Å². The summed E-state index contributed by atoms with van der Waals surface area (Å²) in [4.78, 5) is 20.1. The van der Waals surface area contributed by atoms with Crippen LogP contribution < -0.4 is 14.3 Å². The van der Waals surface area contributed by atoms with Crippen LogP contribution in [-0.4, -0.2) is 0 Å². The molecule has 0 amide bonds. The van der Waals surface area contributed by atoms with Crippen molar-refractivity contribution in [2.45, 2.75) is 0 Å². The first-order valence-electron chi connectivity index (χ1n) is 2.85. The first-order valence-corrected chi connectivity index (χ1v) is 4.31. The Morgan fingerprint density at radius 3 is 2.08 bits per heavy atom. The number of benzene rings is 1. The molecule has 1 aromatic rings. The summed E-state index contributed by atoms with van der Waals surface area (Å²) < 4.78 is 14.1. The molecule has 0 N–H and O–H groups in total. The van der Waals surface area contributed by atoms with E-state index in [-0.39, 0.29) is 22.8 Å². The van der Waals surface area contributed by atoms with Crippen LogP contribution in [0.25, 0.3) is 0 Å². The third-order valence-electron chi connectivity index (χ3n) is 0.960. The second-order valence-corrected chi connectivity index (χ2v) is 2.93. The average molecular weight is 227 g/mol. The molecule has 0 spiro atoms. The fourth-order valence-corrected chi connectivity index (χ4v) is 0.990. The summed E-state index contributed by atoms with van der Waals surface area (Å²) in [5, 5.41) is 0. The van der Waals surface area contributed by atoms with E-state index in [1.165, 1.54) is 12.1 Å². The zero-order chi connectivity index (χ0) is 8.32. The van der Waals surface area contributed by atoms with Crippen LogP contribution in [0, 0.1) is 0 Å². The van der Waals surface area contributed by atoms with Crippen molar-refractivity contribution in [1.29, 1.82) is 0 Å². The molecule has 4 nitrogen and oxygen atoms in total. The third-order valence-corrected chi connectivity index (χ3v) is 1.39. The Labute approximate surface area is 80.3 Å². The first-order chi connectivity index (χ1) is 5.08. The SMILES string of the molecule is O=P([O-])([O-])Oc1ccccc1.[Mn+2]. The molecule has 0 aromatic heterocycles. The second-order valence-electron chi connectivity index (χ2n) is 1.85. The molecule has 0 fully saturated rings. The minimum atomic E-state index is -4.89. The number of hydrogen-bond donors (Lipinski definition) is 0. The third kappa shape index (κ3) is 4.54. The zero-order valence-corrected chi connectivity index (χ0v) is 7.92. The standard InChI is InChI=1S/C6H7O4P.Mn/c7-11(8,9)10-6-4-2-1-3-5-6;/h1-5H,(H2,7,8,9);/q;+2/p-2. The molecule has 0 aliphatic heterocycles. The van der Waals surface area contributed by atoms with E-state index < -0.39 is 7.82 Å². The van der Waals surface area contributed by atoms with Gasteiger partial charge in [-0.25, -0.2) is 0 Å². The average Bonchev–Trinajstić information content (AvgIpc) is 1.85. The Hall–Kier alpha value is -0.311. The van der Waals surface area contributed by atoms with Crippen molar-refractivity contribution in [3.8, 4) is 5.75 Å². The molecule has 1 radical (unpaired) electrons. The summed E-state index contributed by atoms with van der Waals surface area (Å²) in [6.45, 7) is 0. The molecule has 0 aliphatic rings. The fraction of sp³-hybridized carbons (Fsp3) is 0. The maximum atomic E-state index is 10.1. The van der Waals surface area contributed by atoms with Crippen molar-refractivity contribution >= 4 is 7.82 Å². The monoisotopic (exact) mass is 227 g/mol. The predicted molar refractivity (Wildman–Crippen MR) is 34.7 cm³/mol. The molecule has 1 aromatic carbocycles. The molecule has 0 heterocycles. The fourth-order valence-electron chi connectivity index (χ4n) is 0.610. The Balaban J connectivity index is 0.00000121. The number of hydrogen-bond acceptors (Lipinski definition) is 4. The van der Waals surface area contributed by atoms with Crippen LogP contribution in [0.15, 0.2) is 30.3 Å². The topological polar surface area (TPSA) is 72.4 Å². The first kappa shape index (κ1) is 11.7. The molecule has 65 valence electrons. The van der Waals surface area contributed by atoms with E-state index >= 15 is 0 Å². The minimum Gasteiger partial charge on any atom is -0.780 e. The van der Waals surface area contributed by atoms with Gasteiger partial charge < -0.3 is 18.9 Å². The van der Waals surface area contributed by atoms with Crippen molar-refractivity contribution in [3.05, 3.63) is 30.3 Å². The molecule has 0 unspecified atom stereocenters. The van der Waals surface area contributed by atoms with Gasteiger partial charge in [-0.3, -0.25) is 0 Å². The summed E-state index contributed by atoms with van der Waals surface area (Å²) in [5.41, 5.74) is 0. The smallest absolute Gasteiger partial charge is 0.780 e. The van der Waals surface area contributed by atoms with Gasteiger partial charge in [0.05, 0.1) is 0 Å². The molecule has 1 rings (SSSR count). The second kappa shape index (κ2) is 4.65. The van der Waals surface area contributed by atoms with E-state index in [4.69, 9.17) is 0 Å². The van der Waals surface area contributed by atoms with Gasteiger partial charge in [-0.1, -0.05) is 18.2 Å². The van der Waals surface area contributed by atoms with Crippen molar-refractivity contribution in [2.24, 2.45) is 0 Å². The normalized spacial score (nSPS) is 10.2. The van der Waals surface area contributed by atoms with Crippen molar-refractivity contribution in [2.75, 3.05) is 0 Å². The largest absolute Gasteiger partial charge is 2.00 e. The number of phosphoric ester groups is 1. The summed E-state index contributed by atoms with van der Waals surface area (Å²) in [6.07, 6.45) is 0. The summed E-state index contributed by atoms with van der Waals surface area (Å²) in [7, 11) is -4.89. The quantitative estimate of drug-likeness (QED) is 0.522. The van der Waals surface area contributed by atoms with Gasteiger partial charge in [-0.05, 0) is 12.1 Å². The molecular weight excluding hydrogens is 222 g/mol. The Bertz CT molecular complexity index is 270. The Kier molecular flexibility index (Phi) is 4.53. The van der Waals surface area contributed by atoms with E-state index in [0.717, 1.165) is 0 Å². The molecule has 6 heteroatoms. The Morgan fingerprint density at radius 1 is 1.17 bits per heavy atom. The molecule has 0 atom stereocenters.